The Morgan fingerprint density at radius 3 is 2.44 bits per heavy atom. The summed E-state index contributed by atoms with van der Waals surface area (Å²) < 4.78 is 10.9. The van der Waals surface area contributed by atoms with Gasteiger partial charge in [0.2, 0.25) is 5.88 Å². The molecule has 0 fully saturated rings. The minimum Gasteiger partial charge on any atom is -0.505 e. The number of fused-ring (bicyclic) bond motifs is 1. The predicted molar refractivity (Wildman–Crippen MR) is 146 cm³/mol. The maximum absolute atomic E-state index is 13.2. The fourth-order valence-electron chi connectivity index (χ4n) is 4.33. The second kappa shape index (κ2) is 10.7. The molecule has 1 aliphatic rings. The van der Waals surface area contributed by atoms with Crippen molar-refractivity contribution in [2.45, 2.75) is 5.92 Å². The number of rotatable bonds is 6. The summed E-state index contributed by atoms with van der Waals surface area (Å²) in [6.45, 7) is 0. The van der Waals surface area contributed by atoms with Crippen molar-refractivity contribution < 1.29 is 19.4 Å². The molecule has 192 valence electrons. The van der Waals surface area contributed by atoms with E-state index in [1.54, 1.807) is 61.7 Å². The second-order valence-corrected chi connectivity index (χ2v) is 9.07. The van der Waals surface area contributed by atoms with Gasteiger partial charge >= 0.3 is 0 Å². The number of benzene rings is 4. The van der Waals surface area contributed by atoms with Crippen molar-refractivity contribution in [1.82, 2.24) is 0 Å². The van der Waals surface area contributed by atoms with E-state index in [1.165, 1.54) is 12.1 Å². The fraction of sp³-hybridized carbons (Fsp3) is 0.0667. The molecule has 0 bridgehead atoms. The number of ether oxygens (including phenoxy) is 2. The number of nitrogens with two attached hydrogens (primary N) is 1. The van der Waals surface area contributed by atoms with Gasteiger partial charge in [0.15, 0.2) is 5.78 Å². The summed E-state index contributed by atoms with van der Waals surface area (Å²) in [5, 5.41) is 29.5. The number of phenolic OH excluding ortho intramolecular Hbond substituents is 1. The number of hydrogen-bond acceptors (Lipinski definition) is 8. The molecular weight excluding hydrogens is 516 g/mol. The van der Waals surface area contributed by atoms with Gasteiger partial charge in [0, 0.05) is 22.2 Å². The zero-order valence-electron chi connectivity index (χ0n) is 20.6. The number of hydrogen-bond donors (Lipinski definition) is 2. The third-order valence-electron chi connectivity index (χ3n) is 6.27. The normalized spacial score (nSPS) is 14.4. The SMILES string of the molecule is COc1ccc(C2C(C#N)=C(N)Oc3cc(O)c(N=Nc4ccc(Cl)cc4C(=O)c4ccccc4)cc32)cc1. The van der Waals surface area contributed by atoms with Crippen LogP contribution in [0.15, 0.2) is 107 Å². The van der Waals surface area contributed by atoms with Gasteiger partial charge in [-0.2, -0.15) is 5.26 Å². The van der Waals surface area contributed by atoms with E-state index in [0.29, 0.717) is 21.9 Å². The van der Waals surface area contributed by atoms with E-state index < -0.39 is 5.92 Å². The molecule has 0 spiro atoms. The van der Waals surface area contributed by atoms with Gasteiger partial charge in [-0.3, -0.25) is 4.79 Å². The van der Waals surface area contributed by atoms with Crippen molar-refractivity contribution in [1.29, 1.82) is 5.26 Å². The first kappa shape index (κ1) is 25.5. The molecule has 1 heterocycles. The molecule has 5 rings (SSSR count). The highest BCUT2D eigenvalue weighted by molar-refractivity contribution is 6.31. The van der Waals surface area contributed by atoms with Gasteiger partial charge in [-0.25, -0.2) is 0 Å². The molecule has 0 radical (unpaired) electrons. The molecule has 4 aromatic rings. The lowest BCUT2D eigenvalue weighted by molar-refractivity contribution is 0.103. The molecule has 1 aliphatic heterocycles. The van der Waals surface area contributed by atoms with Crippen LogP contribution in [0.2, 0.25) is 5.02 Å². The second-order valence-electron chi connectivity index (χ2n) is 8.63. The number of methoxy groups -OCH3 is 1. The van der Waals surface area contributed by atoms with Crippen LogP contribution in [0.3, 0.4) is 0 Å². The van der Waals surface area contributed by atoms with Crippen LogP contribution in [-0.4, -0.2) is 18.0 Å². The molecule has 3 N–H and O–H groups in total. The lowest BCUT2D eigenvalue weighted by atomic mass is 9.83. The van der Waals surface area contributed by atoms with E-state index in [-0.39, 0.29) is 45.7 Å². The highest BCUT2D eigenvalue weighted by atomic mass is 35.5. The van der Waals surface area contributed by atoms with Crippen molar-refractivity contribution >= 4 is 28.8 Å². The number of allylic oxidation sites excluding steroid dienone is 1. The van der Waals surface area contributed by atoms with Gasteiger partial charge in [-0.1, -0.05) is 54.1 Å². The van der Waals surface area contributed by atoms with Crippen LogP contribution < -0.4 is 15.2 Å². The number of nitrogens with zero attached hydrogens (tertiary/aromatic N) is 3. The Morgan fingerprint density at radius 1 is 1.03 bits per heavy atom. The minimum atomic E-state index is -0.579. The summed E-state index contributed by atoms with van der Waals surface area (Å²) in [7, 11) is 1.57. The van der Waals surface area contributed by atoms with Gasteiger partial charge in [-0.15, -0.1) is 10.2 Å². The van der Waals surface area contributed by atoms with Crippen LogP contribution in [0.5, 0.6) is 17.2 Å². The van der Waals surface area contributed by atoms with Gasteiger partial charge in [-0.05, 0) is 42.0 Å². The molecule has 39 heavy (non-hydrogen) atoms. The largest absolute Gasteiger partial charge is 0.505 e. The maximum atomic E-state index is 13.2. The summed E-state index contributed by atoms with van der Waals surface area (Å²) in [6, 6.07) is 25.8. The van der Waals surface area contributed by atoms with Gasteiger partial charge in [0.1, 0.15) is 34.6 Å². The highest BCUT2D eigenvalue weighted by Crippen LogP contribution is 2.47. The van der Waals surface area contributed by atoms with E-state index in [2.05, 4.69) is 16.3 Å². The third-order valence-corrected chi connectivity index (χ3v) is 6.50. The molecule has 8 nitrogen and oxygen atoms in total. The van der Waals surface area contributed by atoms with Crippen LogP contribution in [0.25, 0.3) is 0 Å². The Kier molecular flexibility index (Phi) is 7.00. The average Bonchev–Trinajstić information content (AvgIpc) is 2.96. The summed E-state index contributed by atoms with van der Waals surface area (Å²) in [6.07, 6.45) is 0. The molecule has 0 aliphatic carbocycles. The minimum absolute atomic E-state index is 0.0511. The maximum Gasteiger partial charge on any atom is 0.205 e. The van der Waals surface area contributed by atoms with Crippen LogP contribution >= 0.6 is 11.6 Å². The zero-order valence-corrected chi connectivity index (χ0v) is 21.4. The fourth-order valence-corrected chi connectivity index (χ4v) is 4.50. The first-order valence-electron chi connectivity index (χ1n) is 11.8. The molecule has 4 aromatic carbocycles. The number of phenols is 1. The van der Waals surface area contributed by atoms with Crippen LogP contribution in [0.1, 0.15) is 33.0 Å². The van der Waals surface area contributed by atoms with E-state index in [1.807, 2.05) is 18.2 Å². The average molecular weight is 537 g/mol. The first-order valence-corrected chi connectivity index (χ1v) is 12.2. The highest BCUT2D eigenvalue weighted by Gasteiger charge is 2.32. The number of carbonyl (C=O) groups is 1. The first-order chi connectivity index (χ1) is 18.9. The van der Waals surface area contributed by atoms with Crippen molar-refractivity contribution in [3.63, 3.8) is 0 Å². The van der Waals surface area contributed by atoms with Crippen molar-refractivity contribution in [3.8, 4) is 23.3 Å². The lowest BCUT2D eigenvalue weighted by Crippen LogP contribution is -2.21. The van der Waals surface area contributed by atoms with Gasteiger partial charge in [0.25, 0.3) is 0 Å². The van der Waals surface area contributed by atoms with Crippen LogP contribution in [0.4, 0.5) is 11.4 Å². The Labute approximate surface area is 229 Å². The van der Waals surface area contributed by atoms with Crippen molar-refractivity contribution in [3.05, 3.63) is 124 Å². The van der Waals surface area contributed by atoms with E-state index >= 15 is 0 Å². The van der Waals surface area contributed by atoms with Crippen molar-refractivity contribution in [2.24, 2.45) is 16.0 Å². The summed E-state index contributed by atoms with van der Waals surface area (Å²) in [5.74, 6) is -0.173. The number of azo groups is 1. The smallest absolute Gasteiger partial charge is 0.205 e. The van der Waals surface area contributed by atoms with E-state index in [4.69, 9.17) is 26.8 Å². The number of halogens is 1. The Bertz CT molecular complexity index is 1680. The Balaban J connectivity index is 1.57. The molecule has 0 amide bonds. The van der Waals surface area contributed by atoms with E-state index in [9.17, 15) is 15.2 Å². The molecule has 1 atom stereocenters. The molecular formula is C30H21ClN4O4. The van der Waals surface area contributed by atoms with Gasteiger partial charge in [0.05, 0.1) is 24.3 Å². The molecule has 0 saturated carbocycles. The van der Waals surface area contributed by atoms with E-state index in [0.717, 1.165) is 5.56 Å². The zero-order chi connectivity index (χ0) is 27.5. The number of carbonyl (C=O) groups excluding carboxylic acids is 1. The molecule has 0 saturated heterocycles. The summed E-state index contributed by atoms with van der Waals surface area (Å²) >= 11 is 6.18. The van der Waals surface area contributed by atoms with Crippen LogP contribution in [0, 0.1) is 11.3 Å². The molecule has 9 heteroatoms. The summed E-state index contributed by atoms with van der Waals surface area (Å²) in [5.41, 5.74) is 8.73. The Hall–Kier alpha value is -5.13. The molecule has 1 unspecified atom stereocenters. The number of aromatic hydroxyl groups is 1. The van der Waals surface area contributed by atoms with Crippen molar-refractivity contribution in [2.75, 3.05) is 7.11 Å². The summed E-state index contributed by atoms with van der Waals surface area (Å²) in [4.78, 5) is 13.2. The monoisotopic (exact) mass is 536 g/mol. The third kappa shape index (κ3) is 5.04. The topological polar surface area (TPSA) is 130 Å². The lowest BCUT2D eigenvalue weighted by Gasteiger charge is -2.27. The molecule has 0 aromatic heterocycles. The van der Waals surface area contributed by atoms with Crippen LogP contribution in [-0.2, 0) is 0 Å². The number of ketones is 1. The Morgan fingerprint density at radius 2 is 1.74 bits per heavy atom. The quantitative estimate of drug-likeness (QED) is 0.203. The standard InChI is InChI=1S/C30H21ClN4O4/c1-38-20-10-7-17(8-11-20)28-22-14-25(26(36)15-27(22)39-30(33)23(28)16-32)35-34-24-12-9-19(31)13-21(24)29(37)18-5-3-2-4-6-18/h2-15,28,36H,33H2,1H3. The number of nitriles is 1. The van der Waals surface area contributed by atoms with Gasteiger partial charge < -0.3 is 20.3 Å². The predicted octanol–water partition coefficient (Wildman–Crippen LogP) is 6.92.